The summed E-state index contributed by atoms with van der Waals surface area (Å²) < 4.78 is 18.2. The summed E-state index contributed by atoms with van der Waals surface area (Å²) in [6, 6.07) is 0. The van der Waals surface area contributed by atoms with Gasteiger partial charge in [-0.25, -0.2) is 4.39 Å². The van der Waals surface area contributed by atoms with Gasteiger partial charge in [-0.2, -0.15) is 0 Å². The molecule has 15 heavy (non-hydrogen) atoms. The van der Waals surface area contributed by atoms with Gasteiger partial charge in [0.1, 0.15) is 35.3 Å². The number of nitrogens with zero attached hydrogens (tertiary/aromatic N) is 1. The molecule has 2 N–H and O–H groups in total. The molecule has 88 valence electrons. The Bertz CT molecular complexity index is 231. The van der Waals surface area contributed by atoms with Crippen molar-refractivity contribution in [3.63, 3.8) is 0 Å². The first kappa shape index (κ1) is 13.1. The van der Waals surface area contributed by atoms with Gasteiger partial charge >= 0.3 is 0 Å². The van der Waals surface area contributed by atoms with Crippen molar-refractivity contribution in [3.8, 4) is 0 Å². The Morgan fingerprint density at radius 1 is 1.73 bits per heavy atom. The molecule has 0 saturated carbocycles. The lowest BCUT2D eigenvalue weighted by atomic mass is 10.1. The minimum Gasteiger partial charge on any atom is -0.393 e. The second-order valence-corrected chi connectivity index (χ2v) is 3.92. The number of hydrogen-bond acceptors (Lipinski definition) is 4. The highest BCUT2D eigenvalue weighted by molar-refractivity contribution is 14.1. The molecule has 0 bridgehead atoms. The van der Waals surface area contributed by atoms with Gasteiger partial charge in [0.15, 0.2) is 6.10 Å². The summed E-state index contributed by atoms with van der Waals surface area (Å²) >= 11 is 1.63. The molecule has 7 heteroatoms. The number of likely N-dealkylation sites (tertiary alicyclic amines) is 1. The summed E-state index contributed by atoms with van der Waals surface area (Å²) in [6.07, 6.45) is -2.80. The molecule has 0 aromatic carbocycles. The van der Waals surface area contributed by atoms with Crippen molar-refractivity contribution in [3.05, 3.63) is 0 Å². The standard InChI is InChI=1S/C8H13FINO4/c9-5-3-11(2-1-7(5)15-10)8(14)6(13)4-12/h5-7,12-13H,1-4H2/t5-,6+,7+/m1/s1. The number of alkyl halides is 1. The van der Waals surface area contributed by atoms with E-state index >= 15 is 0 Å². The number of aliphatic hydroxyl groups excluding tert-OH is 2. The summed E-state index contributed by atoms with van der Waals surface area (Å²) in [5.74, 6) is -0.632. The molecule has 1 aliphatic rings. The van der Waals surface area contributed by atoms with E-state index in [2.05, 4.69) is 0 Å². The monoisotopic (exact) mass is 333 g/mol. The minimum absolute atomic E-state index is 0.0937. The number of hydrogen-bond donors (Lipinski definition) is 2. The van der Waals surface area contributed by atoms with E-state index in [0.717, 1.165) is 0 Å². The maximum atomic E-state index is 13.4. The first-order valence-corrected chi connectivity index (χ1v) is 5.47. The molecule has 0 radical (unpaired) electrons. The van der Waals surface area contributed by atoms with Crippen LogP contribution in [-0.2, 0) is 7.86 Å². The van der Waals surface area contributed by atoms with Gasteiger partial charge in [-0.15, -0.1) is 0 Å². The third-order valence-corrected chi connectivity index (χ3v) is 3.02. The van der Waals surface area contributed by atoms with Crippen molar-refractivity contribution >= 4 is 28.9 Å². The van der Waals surface area contributed by atoms with E-state index in [4.69, 9.17) is 13.3 Å². The smallest absolute Gasteiger partial charge is 0.253 e. The summed E-state index contributed by atoms with van der Waals surface area (Å²) in [7, 11) is 0. The average molecular weight is 333 g/mol. The fourth-order valence-corrected chi connectivity index (χ4v) is 2.05. The van der Waals surface area contributed by atoms with Crippen molar-refractivity contribution in [2.24, 2.45) is 0 Å². The van der Waals surface area contributed by atoms with Crippen LogP contribution in [0.1, 0.15) is 6.42 Å². The first-order valence-electron chi connectivity index (χ1n) is 4.59. The molecule has 1 fully saturated rings. The Morgan fingerprint density at radius 3 is 2.87 bits per heavy atom. The van der Waals surface area contributed by atoms with Crippen LogP contribution in [0, 0.1) is 0 Å². The molecule has 0 unspecified atom stereocenters. The highest BCUT2D eigenvalue weighted by Crippen LogP contribution is 2.19. The molecule has 1 heterocycles. The van der Waals surface area contributed by atoms with Gasteiger partial charge in [0.2, 0.25) is 0 Å². The predicted octanol–water partition coefficient (Wildman–Crippen LogP) is -0.355. The van der Waals surface area contributed by atoms with E-state index in [0.29, 0.717) is 13.0 Å². The highest BCUT2D eigenvalue weighted by atomic mass is 127. The van der Waals surface area contributed by atoms with Crippen LogP contribution in [0.3, 0.4) is 0 Å². The van der Waals surface area contributed by atoms with Gasteiger partial charge in [0.05, 0.1) is 13.2 Å². The molecule has 0 aromatic heterocycles. The lowest BCUT2D eigenvalue weighted by Gasteiger charge is -2.34. The van der Waals surface area contributed by atoms with Gasteiger partial charge in [0.25, 0.3) is 5.91 Å². The fourth-order valence-electron chi connectivity index (χ4n) is 1.47. The summed E-state index contributed by atoms with van der Waals surface area (Å²) in [6.45, 7) is -0.397. The van der Waals surface area contributed by atoms with Gasteiger partial charge in [-0.3, -0.25) is 4.79 Å². The van der Waals surface area contributed by atoms with E-state index < -0.39 is 30.9 Å². The lowest BCUT2D eigenvalue weighted by Crippen LogP contribution is -2.51. The number of carbonyl (C=O) groups excluding carboxylic acids is 1. The number of aliphatic hydroxyl groups is 2. The number of carbonyl (C=O) groups is 1. The molecule has 3 atom stereocenters. The summed E-state index contributed by atoms with van der Waals surface area (Å²) in [5, 5.41) is 17.7. The third kappa shape index (κ3) is 3.23. The van der Waals surface area contributed by atoms with Crippen molar-refractivity contribution < 1.29 is 22.5 Å². The fraction of sp³-hybridized carbons (Fsp3) is 0.875. The first-order chi connectivity index (χ1) is 7.10. The summed E-state index contributed by atoms with van der Waals surface area (Å²) in [4.78, 5) is 12.6. The Hall–Kier alpha value is 0.01000. The van der Waals surface area contributed by atoms with E-state index in [-0.39, 0.29) is 6.54 Å². The van der Waals surface area contributed by atoms with Crippen LogP contribution in [0.15, 0.2) is 0 Å². The van der Waals surface area contributed by atoms with Crippen LogP contribution >= 0.6 is 23.0 Å². The molecule has 0 aliphatic carbocycles. The maximum Gasteiger partial charge on any atom is 0.253 e. The van der Waals surface area contributed by atoms with Crippen LogP contribution in [0.25, 0.3) is 0 Å². The van der Waals surface area contributed by atoms with Crippen LogP contribution in [0.2, 0.25) is 0 Å². The van der Waals surface area contributed by atoms with Gasteiger partial charge in [-0.1, -0.05) is 0 Å². The Labute approximate surface area is 101 Å². The number of amides is 1. The normalized spacial score (nSPS) is 28.9. The van der Waals surface area contributed by atoms with Crippen molar-refractivity contribution in [1.82, 2.24) is 4.90 Å². The molecule has 0 aromatic rings. The Balaban J connectivity index is 2.50. The van der Waals surface area contributed by atoms with Crippen LogP contribution in [-0.4, -0.2) is 59.1 Å². The number of rotatable bonds is 3. The van der Waals surface area contributed by atoms with Gasteiger partial charge in [-0.05, 0) is 6.42 Å². The zero-order valence-electron chi connectivity index (χ0n) is 7.97. The molecule has 1 amide bonds. The highest BCUT2D eigenvalue weighted by Gasteiger charge is 2.33. The van der Waals surface area contributed by atoms with Crippen molar-refractivity contribution in [2.45, 2.75) is 24.8 Å². The largest absolute Gasteiger partial charge is 0.393 e. The van der Waals surface area contributed by atoms with Crippen molar-refractivity contribution in [2.75, 3.05) is 19.7 Å². The van der Waals surface area contributed by atoms with E-state index in [1.807, 2.05) is 0 Å². The Kier molecular flexibility index (Phi) is 5.16. The van der Waals surface area contributed by atoms with E-state index in [1.54, 1.807) is 23.0 Å². The van der Waals surface area contributed by atoms with Gasteiger partial charge < -0.3 is 18.2 Å². The number of halogens is 2. The molecule has 0 spiro atoms. The van der Waals surface area contributed by atoms with E-state index in [1.165, 1.54) is 4.90 Å². The molecule has 1 rings (SSSR count). The maximum absolute atomic E-state index is 13.4. The van der Waals surface area contributed by atoms with Gasteiger partial charge in [0, 0.05) is 6.54 Å². The zero-order chi connectivity index (χ0) is 11.4. The van der Waals surface area contributed by atoms with E-state index in [9.17, 15) is 9.18 Å². The lowest BCUT2D eigenvalue weighted by molar-refractivity contribution is -0.145. The zero-order valence-corrected chi connectivity index (χ0v) is 10.1. The molecule has 5 nitrogen and oxygen atoms in total. The van der Waals surface area contributed by atoms with Crippen LogP contribution in [0.4, 0.5) is 4.39 Å². The SMILES string of the molecule is O=C([C@@H](O)CO)N1CC[C@H](OI)[C@H](F)C1. The second kappa shape index (κ2) is 5.92. The third-order valence-electron chi connectivity index (χ3n) is 2.37. The van der Waals surface area contributed by atoms with Crippen LogP contribution < -0.4 is 0 Å². The Morgan fingerprint density at radius 2 is 2.40 bits per heavy atom. The minimum atomic E-state index is -1.45. The molecular formula is C8H13FINO4. The topological polar surface area (TPSA) is 70.0 Å². The summed E-state index contributed by atoms with van der Waals surface area (Å²) in [5.41, 5.74) is 0. The average Bonchev–Trinajstić information content (AvgIpc) is 2.26. The predicted molar refractivity (Wildman–Crippen MR) is 58.1 cm³/mol. The molecular weight excluding hydrogens is 320 g/mol. The quantitative estimate of drug-likeness (QED) is 0.693. The second-order valence-electron chi connectivity index (χ2n) is 3.41. The van der Waals surface area contributed by atoms with Crippen molar-refractivity contribution in [1.29, 1.82) is 0 Å². The van der Waals surface area contributed by atoms with Crippen LogP contribution in [0.5, 0.6) is 0 Å². The molecule has 1 aliphatic heterocycles. The molecule has 1 saturated heterocycles. The number of piperidine rings is 1.